The van der Waals surface area contributed by atoms with Crippen molar-refractivity contribution < 1.29 is 32.5 Å². The summed E-state index contributed by atoms with van der Waals surface area (Å²) in [4.78, 5) is 19.2. The maximum atomic E-state index is 14.2. The fraction of sp³-hybridized carbons (Fsp3) is 0.222. The van der Waals surface area contributed by atoms with E-state index in [4.69, 9.17) is 19.6 Å². The van der Waals surface area contributed by atoms with Gasteiger partial charge in [-0.1, -0.05) is 84.9 Å². The maximum absolute atomic E-state index is 14.2. The van der Waals surface area contributed by atoms with Crippen LogP contribution < -0.4 is 10.1 Å². The van der Waals surface area contributed by atoms with E-state index in [9.17, 15) is 18.0 Å². The van der Waals surface area contributed by atoms with Gasteiger partial charge >= 0.3 is 6.18 Å². The number of nitrogens with zero attached hydrogens (tertiary/aromatic N) is 1. The van der Waals surface area contributed by atoms with Gasteiger partial charge in [-0.3, -0.25) is 4.79 Å². The van der Waals surface area contributed by atoms with Crippen molar-refractivity contribution in [1.82, 2.24) is 5.32 Å². The van der Waals surface area contributed by atoms with Crippen LogP contribution in [-0.2, 0) is 22.3 Å². The minimum absolute atomic E-state index is 0.00730. The third kappa shape index (κ3) is 7.80. The molecular formula is C36H33F3N2O4. The van der Waals surface area contributed by atoms with Crippen LogP contribution in [0.3, 0.4) is 0 Å². The van der Waals surface area contributed by atoms with E-state index in [2.05, 4.69) is 5.32 Å². The van der Waals surface area contributed by atoms with Crippen LogP contribution >= 0.6 is 0 Å². The van der Waals surface area contributed by atoms with Gasteiger partial charge in [0.25, 0.3) is 5.91 Å². The van der Waals surface area contributed by atoms with Crippen LogP contribution in [0.4, 0.5) is 13.2 Å². The van der Waals surface area contributed by atoms with Crippen molar-refractivity contribution in [2.45, 2.75) is 37.2 Å². The Labute approximate surface area is 259 Å². The average Bonchev–Trinajstić information content (AvgIpc) is 3.45. The first-order chi connectivity index (χ1) is 21.8. The number of aliphatic hydroxyl groups is 1. The van der Waals surface area contributed by atoms with E-state index in [0.717, 1.165) is 23.3 Å². The summed E-state index contributed by atoms with van der Waals surface area (Å²) in [5.74, 6) is 0.480. The first kappa shape index (κ1) is 31.5. The van der Waals surface area contributed by atoms with Crippen molar-refractivity contribution in [3.05, 3.63) is 143 Å². The number of aliphatic hydroxyl groups excluding tert-OH is 1. The average molecular weight is 615 g/mol. The number of alkyl halides is 3. The van der Waals surface area contributed by atoms with Crippen molar-refractivity contribution in [3.63, 3.8) is 0 Å². The van der Waals surface area contributed by atoms with Gasteiger partial charge in [0.05, 0.1) is 12.2 Å². The summed E-state index contributed by atoms with van der Waals surface area (Å²) in [7, 11) is 0. The lowest BCUT2D eigenvalue weighted by Gasteiger charge is -2.30. The Morgan fingerprint density at radius 3 is 2.24 bits per heavy atom. The predicted molar refractivity (Wildman–Crippen MR) is 167 cm³/mol. The summed E-state index contributed by atoms with van der Waals surface area (Å²) in [5.41, 5.74) is 0.682. The molecule has 5 rings (SSSR count). The van der Waals surface area contributed by atoms with Crippen molar-refractivity contribution in [3.8, 4) is 5.75 Å². The molecule has 45 heavy (non-hydrogen) atoms. The van der Waals surface area contributed by atoms with Crippen LogP contribution in [-0.4, -0.2) is 35.7 Å². The number of halogens is 3. The smallest absolute Gasteiger partial charge is 0.416 e. The summed E-state index contributed by atoms with van der Waals surface area (Å²) in [5, 5.41) is 11.9. The van der Waals surface area contributed by atoms with Gasteiger partial charge in [0, 0.05) is 31.6 Å². The number of nitrogens with one attached hydrogen (secondary N) is 1. The van der Waals surface area contributed by atoms with Gasteiger partial charge in [-0.05, 0) is 53.1 Å². The first-order valence-electron chi connectivity index (χ1n) is 14.6. The SMILES string of the molecule is O=C(NCc1ccc(C(F)(F)F)cc1)[C@]1(C/C=C/c2ccccc2)N=C(c2ccc(OCCCO)cc2)O[C@@H]1c1ccccc1. The van der Waals surface area contributed by atoms with E-state index in [0.29, 0.717) is 29.9 Å². The lowest BCUT2D eigenvalue weighted by Crippen LogP contribution is -2.47. The molecule has 4 aromatic carbocycles. The number of aliphatic imine (C=N–C) groups is 1. The second-order valence-electron chi connectivity index (χ2n) is 10.6. The summed E-state index contributed by atoms with van der Waals surface area (Å²) in [6.45, 7) is 0.415. The molecule has 1 aliphatic heterocycles. The number of ether oxygens (including phenoxy) is 2. The molecule has 1 heterocycles. The van der Waals surface area contributed by atoms with Gasteiger partial charge in [-0.2, -0.15) is 13.2 Å². The van der Waals surface area contributed by atoms with Gasteiger partial charge in [-0.25, -0.2) is 4.99 Å². The molecule has 0 bridgehead atoms. The zero-order valence-corrected chi connectivity index (χ0v) is 24.4. The summed E-state index contributed by atoms with van der Waals surface area (Å²) in [6.07, 6.45) is -0.739. The van der Waals surface area contributed by atoms with Crippen LogP contribution in [0.25, 0.3) is 6.08 Å². The van der Waals surface area contributed by atoms with Crippen LogP contribution in [0.5, 0.6) is 5.75 Å². The first-order valence-corrected chi connectivity index (χ1v) is 14.6. The lowest BCUT2D eigenvalue weighted by atomic mass is 9.84. The molecule has 0 spiro atoms. The highest BCUT2D eigenvalue weighted by Crippen LogP contribution is 2.43. The fourth-order valence-corrected chi connectivity index (χ4v) is 5.03. The number of amides is 1. The van der Waals surface area contributed by atoms with Gasteiger partial charge < -0.3 is 19.9 Å². The van der Waals surface area contributed by atoms with E-state index in [1.165, 1.54) is 12.1 Å². The molecule has 0 aliphatic carbocycles. The van der Waals surface area contributed by atoms with Crippen molar-refractivity contribution in [1.29, 1.82) is 0 Å². The fourth-order valence-electron chi connectivity index (χ4n) is 5.03. The Morgan fingerprint density at radius 2 is 1.60 bits per heavy atom. The lowest BCUT2D eigenvalue weighted by molar-refractivity contribution is -0.137. The Balaban J connectivity index is 1.48. The summed E-state index contributed by atoms with van der Waals surface area (Å²) in [6, 6.07) is 30.9. The molecule has 0 radical (unpaired) electrons. The third-order valence-corrected chi connectivity index (χ3v) is 7.41. The second kappa shape index (κ2) is 14.3. The molecule has 4 aromatic rings. The van der Waals surface area contributed by atoms with Crippen LogP contribution in [0.1, 0.15) is 46.8 Å². The Kier molecular flexibility index (Phi) is 9.99. The van der Waals surface area contributed by atoms with E-state index in [1.54, 1.807) is 24.3 Å². The topological polar surface area (TPSA) is 80.2 Å². The van der Waals surface area contributed by atoms with Gasteiger partial charge in [0.2, 0.25) is 5.90 Å². The Morgan fingerprint density at radius 1 is 0.933 bits per heavy atom. The molecule has 1 amide bonds. The maximum Gasteiger partial charge on any atom is 0.416 e. The van der Waals surface area contributed by atoms with Crippen molar-refractivity contribution >= 4 is 17.9 Å². The molecule has 0 saturated carbocycles. The van der Waals surface area contributed by atoms with E-state index < -0.39 is 29.3 Å². The number of hydrogen-bond acceptors (Lipinski definition) is 5. The molecule has 9 heteroatoms. The van der Waals surface area contributed by atoms with Crippen LogP contribution in [0.2, 0.25) is 0 Å². The number of rotatable bonds is 12. The van der Waals surface area contributed by atoms with Crippen LogP contribution in [0, 0.1) is 0 Å². The quantitative estimate of drug-likeness (QED) is 0.166. The predicted octanol–water partition coefficient (Wildman–Crippen LogP) is 7.14. The monoisotopic (exact) mass is 614 g/mol. The molecule has 0 fully saturated rings. The number of carbonyl (C=O) groups excluding carboxylic acids is 1. The van der Waals surface area contributed by atoms with Gasteiger partial charge in [0.1, 0.15) is 5.75 Å². The zero-order chi connectivity index (χ0) is 31.7. The number of benzene rings is 4. The minimum Gasteiger partial charge on any atom is -0.494 e. The van der Waals surface area contributed by atoms with E-state index >= 15 is 0 Å². The van der Waals surface area contributed by atoms with E-state index in [1.807, 2.05) is 72.8 Å². The minimum atomic E-state index is -4.45. The molecule has 2 atom stereocenters. The molecule has 0 aromatic heterocycles. The Hall–Kier alpha value is -4.89. The molecule has 2 N–H and O–H groups in total. The Bertz CT molecular complexity index is 1610. The van der Waals surface area contributed by atoms with Gasteiger partial charge in [-0.15, -0.1) is 0 Å². The molecular weight excluding hydrogens is 581 g/mol. The zero-order valence-electron chi connectivity index (χ0n) is 24.4. The highest BCUT2D eigenvalue weighted by Gasteiger charge is 2.52. The van der Waals surface area contributed by atoms with Crippen molar-refractivity contribution in [2.75, 3.05) is 13.2 Å². The highest BCUT2D eigenvalue weighted by molar-refractivity contribution is 6.01. The summed E-state index contributed by atoms with van der Waals surface area (Å²) >= 11 is 0. The highest BCUT2D eigenvalue weighted by atomic mass is 19.4. The molecule has 0 unspecified atom stereocenters. The van der Waals surface area contributed by atoms with E-state index in [-0.39, 0.29) is 25.5 Å². The molecule has 1 aliphatic rings. The molecule has 6 nitrogen and oxygen atoms in total. The van der Waals surface area contributed by atoms with Gasteiger partial charge in [0.15, 0.2) is 11.6 Å². The number of carbonyl (C=O) groups is 1. The summed E-state index contributed by atoms with van der Waals surface area (Å²) < 4.78 is 51.4. The standard InChI is InChI=1S/C36H33F3N2O4/c37-36(38,39)30-18-14-27(15-19-30)25-40-34(43)35(22-7-11-26-9-3-1-4-10-26)32(28-12-5-2-6-13-28)45-33(41-35)29-16-20-31(21-17-29)44-24-8-23-42/h1-7,9-21,32,42H,8,22-25H2,(H,40,43)/b11-7+/t32-,35-/m1/s1. The normalized spacial score (nSPS) is 18.0. The van der Waals surface area contributed by atoms with Crippen molar-refractivity contribution in [2.24, 2.45) is 4.99 Å². The third-order valence-electron chi connectivity index (χ3n) is 7.41. The molecule has 0 saturated heterocycles. The molecule has 232 valence electrons. The number of hydrogen-bond donors (Lipinski definition) is 2. The second-order valence-corrected chi connectivity index (χ2v) is 10.6. The van der Waals surface area contributed by atoms with Crippen LogP contribution in [0.15, 0.2) is 120 Å². The largest absolute Gasteiger partial charge is 0.494 e.